The predicted molar refractivity (Wildman–Crippen MR) is 81.9 cm³/mol. The van der Waals surface area contributed by atoms with Crippen LogP contribution in [0.1, 0.15) is 33.1 Å². The van der Waals surface area contributed by atoms with Gasteiger partial charge in [-0.05, 0) is 31.2 Å². The van der Waals surface area contributed by atoms with Crippen molar-refractivity contribution in [2.24, 2.45) is 0 Å². The summed E-state index contributed by atoms with van der Waals surface area (Å²) in [4.78, 5) is 1.35. The second-order valence-corrected chi connectivity index (χ2v) is 6.17. The van der Waals surface area contributed by atoms with Crippen molar-refractivity contribution in [3.63, 3.8) is 0 Å². The van der Waals surface area contributed by atoms with E-state index in [1.54, 1.807) is 0 Å². The Kier molecular flexibility index (Phi) is 7.99. The summed E-state index contributed by atoms with van der Waals surface area (Å²) in [5.41, 5.74) is 0. The summed E-state index contributed by atoms with van der Waals surface area (Å²) < 4.78 is 1.16. The van der Waals surface area contributed by atoms with Gasteiger partial charge in [0.2, 0.25) is 0 Å². The molecule has 96 valence electrons. The van der Waals surface area contributed by atoms with Crippen molar-refractivity contribution < 1.29 is 0 Å². The van der Waals surface area contributed by atoms with Crippen LogP contribution in [0.3, 0.4) is 0 Å². The first kappa shape index (κ1) is 15.1. The maximum Gasteiger partial charge on any atom is 0.0186 e. The summed E-state index contributed by atoms with van der Waals surface area (Å²) in [6, 6.07) is 9.18. The molecule has 0 aliphatic rings. The molecule has 0 heterocycles. The SMILES string of the molecule is CCCCC(CSc1cccc(Br)c1)NCC. The zero-order valence-electron chi connectivity index (χ0n) is 10.7. The maximum absolute atomic E-state index is 3.57. The van der Waals surface area contributed by atoms with Crippen LogP contribution in [0, 0.1) is 0 Å². The van der Waals surface area contributed by atoms with Crippen LogP contribution in [-0.2, 0) is 0 Å². The molecule has 1 aromatic carbocycles. The molecule has 0 aliphatic carbocycles. The number of thioether (sulfide) groups is 1. The van der Waals surface area contributed by atoms with E-state index < -0.39 is 0 Å². The van der Waals surface area contributed by atoms with Gasteiger partial charge in [0, 0.05) is 21.2 Å². The number of halogens is 1. The Balaban J connectivity index is 2.39. The minimum atomic E-state index is 0.643. The second kappa shape index (κ2) is 9.01. The van der Waals surface area contributed by atoms with Crippen molar-refractivity contribution in [3.8, 4) is 0 Å². The van der Waals surface area contributed by atoms with Crippen molar-refractivity contribution in [3.05, 3.63) is 28.7 Å². The van der Waals surface area contributed by atoms with E-state index in [1.165, 1.54) is 24.2 Å². The zero-order chi connectivity index (χ0) is 12.5. The molecule has 0 saturated heterocycles. The Morgan fingerprint density at radius 1 is 1.35 bits per heavy atom. The van der Waals surface area contributed by atoms with E-state index in [0.29, 0.717) is 6.04 Å². The first-order valence-corrected chi connectivity index (χ1v) is 8.15. The topological polar surface area (TPSA) is 12.0 Å². The number of benzene rings is 1. The van der Waals surface area contributed by atoms with Gasteiger partial charge in [0.25, 0.3) is 0 Å². The quantitative estimate of drug-likeness (QED) is 0.697. The number of unbranched alkanes of at least 4 members (excludes halogenated alkanes) is 1. The normalized spacial score (nSPS) is 12.6. The summed E-state index contributed by atoms with van der Waals surface area (Å²) in [5, 5.41) is 3.57. The molecule has 0 bridgehead atoms. The van der Waals surface area contributed by atoms with E-state index >= 15 is 0 Å². The first-order valence-electron chi connectivity index (χ1n) is 6.38. The second-order valence-electron chi connectivity index (χ2n) is 4.17. The number of hydrogen-bond donors (Lipinski definition) is 1. The van der Waals surface area contributed by atoms with Crippen molar-refractivity contribution in [1.29, 1.82) is 0 Å². The summed E-state index contributed by atoms with van der Waals surface area (Å²) >= 11 is 5.45. The molecule has 0 fully saturated rings. The molecule has 1 atom stereocenters. The number of hydrogen-bond acceptors (Lipinski definition) is 2. The van der Waals surface area contributed by atoms with Gasteiger partial charge in [0.05, 0.1) is 0 Å². The fraction of sp³-hybridized carbons (Fsp3) is 0.571. The van der Waals surface area contributed by atoms with E-state index in [-0.39, 0.29) is 0 Å². The van der Waals surface area contributed by atoms with Crippen molar-refractivity contribution >= 4 is 27.7 Å². The summed E-state index contributed by atoms with van der Waals surface area (Å²) in [6.07, 6.45) is 3.88. The summed E-state index contributed by atoms with van der Waals surface area (Å²) in [5.74, 6) is 1.16. The van der Waals surface area contributed by atoms with Gasteiger partial charge in [0.15, 0.2) is 0 Å². The van der Waals surface area contributed by atoms with E-state index in [0.717, 1.165) is 16.8 Å². The van der Waals surface area contributed by atoms with Gasteiger partial charge in [-0.3, -0.25) is 0 Å². The van der Waals surface area contributed by atoms with Gasteiger partial charge in [0.1, 0.15) is 0 Å². The molecular weight excluding hydrogens is 294 g/mol. The molecule has 1 rings (SSSR count). The molecule has 0 spiro atoms. The van der Waals surface area contributed by atoms with Crippen LogP contribution in [0.25, 0.3) is 0 Å². The van der Waals surface area contributed by atoms with Gasteiger partial charge >= 0.3 is 0 Å². The molecule has 0 aromatic heterocycles. The van der Waals surface area contributed by atoms with E-state index in [9.17, 15) is 0 Å². The molecular formula is C14H22BrNS. The molecule has 3 heteroatoms. The molecule has 1 N–H and O–H groups in total. The predicted octanol–water partition coefficient (Wildman–Crippen LogP) is 4.71. The lowest BCUT2D eigenvalue weighted by Gasteiger charge is -2.17. The third kappa shape index (κ3) is 6.49. The maximum atomic E-state index is 3.57. The van der Waals surface area contributed by atoms with Crippen molar-refractivity contribution in [1.82, 2.24) is 5.32 Å². The molecule has 0 radical (unpaired) electrons. The standard InChI is InChI=1S/C14H22BrNS/c1-3-5-8-13(16-4-2)11-17-14-9-6-7-12(15)10-14/h6-7,9-10,13,16H,3-5,8,11H2,1-2H3. The van der Waals surface area contributed by atoms with Crippen LogP contribution in [0.4, 0.5) is 0 Å². The molecule has 1 aromatic rings. The monoisotopic (exact) mass is 315 g/mol. The third-order valence-corrected chi connectivity index (χ3v) is 4.30. The van der Waals surface area contributed by atoms with Crippen LogP contribution >= 0.6 is 27.7 Å². The van der Waals surface area contributed by atoms with Gasteiger partial charge in [-0.1, -0.05) is 48.7 Å². The lowest BCUT2D eigenvalue weighted by Crippen LogP contribution is -2.31. The van der Waals surface area contributed by atoms with Gasteiger partial charge in [-0.25, -0.2) is 0 Å². The number of nitrogens with one attached hydrogen (secondary N) is 1. The number of rotatable bonds is 8. The third-order valence-electron chi connectivity index (χ3n) is 2.65. The van der Waals surface area contributed by atoms with Crippen LogP contribution in [-0.4, -0.2) is 18.3 Å². The largest absolute Gasteiger partial charge is 0.313 e. The molecule has 0 aliphatic heterocycles. The molecule has 17 heavy (non-hydrogen) atoms. The Hall–Kier alpha value is 0.01000. The smallest absolute Gasteiger partial charge is 0.0186 e. The average molecular weight is 316 g/mol. The Morgan fingerprint density at radius 2 is 2.18 bits per heavy atom. The molecule has 0 saturated carbocycles. The molecule has 1 nitrogen and oxygen atoms in total. The molecule has 1 unspecified atom stereocenters. The Labute approximate surface area is 118 Å². The summed E-state index contributed by atoms with van der Waals surface area (Å²) in [7, 11) is 0. The average Bonchev–Trinajstić information content (AvgIpc) is 2.33. The highest BCUT2D eigenvalue weighted by Crippen LogP contribution is 2.23. The highest BCUT2D eigenvalue weighted by Gasteiger charge is 2.07. The van der Waals surface area contributed by atoms with E-state index in [2.05, 4.69) is 59.4 Å². The van der Waals surface area contributed by atoms with Gasteiger partial charge in [-0.2, -0.15) is 0 Å². The van der Waals surface area contributed by atoms with E-state index in [4.69, 9.17) is 0 Å². The highest BCUT2D eigenvalue weighted by atomic mass is 79.9. The summed E-state index contributed by atoms with van der Waals surface area (Å²) in [6.45, 7) is 5.50. The van der Waals surface area contributed by atoms with Gasteiger partial charge in [-0.15, -0.1) is 11.8 Å². The minimum Gasteiger partial charge on any atom is -0.313 e. The van der Waals surface area contributed by atoms with E-state index in [1.807, 2.05) is 11.8 Å². The van der Waals surface area contributed by atoms with Crippen LogP contribution < -0.4 is 5.32 Å². The Morgan fingerprint density at radius 3 is 2.82 bits per heavy atom. The van der Waals surface area contributed by atoms with Gasteiger partial charge < -0.3 is 5.32 Å². The fourth-order valence-electron chi connectivity index (χ4n) is 1.74. The van der Waals surface area contributed by atoms with Crippen LogP contribution in [0.15, 0.2) is 33.6 Å². The lowest BCUT2D eigenvalue weighted by atomic mass is 10.1. The Bertz CT molecular complexity index is 317. The lowest BCUT2D eigenvalue weighted by molar-refractivity contribution is 0.515. The fourth-order valence-corrected chi connectivity index (χ4v) is 3.35. The minimum absolute atomic E-state index is 0.643. The van der Waals surface area contributed by atoms with Crippen molar-refractivity contribution in [2.45, 2.75) is 44.0 Å². The van der Waals surface area contributed by atoms with Crippen LogP contribution in [0.2, 0.25) is 0 Å². The van der Waals surface area contributed by atoms with Crippen molar-refractivity contribution in [2.75, 3.05) is 12.3 Å². The highest BCUT2D eigenvalue weighted by molar-refractivity contribution is 9.10. The molecule has 0 amide bonds. The van der Waals surface area contributed by atoms with Crippen LogP contribution in [0.5, 0.6) is 0 Å². The zero-order valence-corrected chi connectivity index (χ0v) is 13.1. The first-order chi connectivity index (χ1) is 8.26.